The maximum atomic E-state index is 13.7. The highest BCUT2D eigenvalue weighted by atomic mass is 32.2. The van der Waals surface area contributed by atoms with Crippen LogP contribution in [0.5, 0.6) is 0 Å². The van der Waals surface area contributed by atoms with Crippen molar-refractivity contribution in [3.05, 3.63) is 72.3 Å². The summed E-state index contributed by atoms with van der Waals surface area (Å²) in [6.07, 6.45) is -0.178. The van der Waals surface area contributed by atoms with Crippen molar-refractivity contribution in [3.63, 3.8) is 0 Å². The number of aryl methyl sites for hydroxylation is 1. The van der Waals surface area contributed by atoms with Gasteiger partial charge in [-0.2, -0.15) is 0 Å². The number of hydrogen-bond donors (Lipinski definition) is 3. The number of fused-ring (bicyclic) bond motifs is 1. The van der Waals surface area contributed by atoms with E-state index in [9.17, 15) is 18.0 Å². The van der Waals surface area contributed by atoms with Crippen LogP contribution >= 0.6 is 0 Å². The molecule has 7 nitrogen and oxygen atoms in total. The molecule has 0 aliphatic carbocycles. The number of rotatable bonds is 8. The van der Waals surface area contributed by atoms with Gasteiger partial charge >= 0.3 is 0 Å². The summed E-state index contributed by atoms with van der Waals surface area (Å²) in [5, 5.41) is 3.79. The SMILES string of the molecule is CCc1ccccc1NC(=O)[C@@](N)(CCC(N)=O)S(=O)(=O)c1cccc2ccccc12. The number of para-hydroxylation sites is 1. The van der Waals surface area contributed by atoms with Gasteiger partial charge in [0.1, 0.15) is 0 Å². The van der Waals surface area contributed by atoms with Crippen molar-refractivity contribution in [3.8, 4) is 0 Å². The van der Waals surface area contributed by atoms with Crippen LogP contribution in [0.3, 0.4) is 0 Å². The van der Waals surface area contributed by atoms with Crippen LogP contribution in [0.2, 0.25) is 0 Å². The topological polar surface area (TPSA) is 132 Å². The molecule has 0 aromatic heterocycles. The fraction of sp³-hybridized carbons (Fsp3) is 0.217. The number of carbonyl (C=O) groups excluding carboxylic acids is 2. The lowest BCUT2D eigenvalue weighted by atomic mass is 10.1. The molecule has 0 aliphatic rings. The van der Waals surface area contributed by atoms with E-state index in [0.717, 1.165) is 5.56 Å². The lowest BCUT2D eigenvalue weighted by molar-refractivity contribution is -0.120. The van der Waals surface area contributed by atoms with Crippen molar-refractivity contribution in [2.24, 2.45) is 11.5 Å². The zero-order chi connectivity index (χ0) is 22.6. The van der Waals surface area contributed by atoms with Gasteiger partial charge in [-0.25, -0.2) is 8.42 Å². The molecule has 162 valence electrons. The van der Waals surface area contributed by atoms with E-state index in [0.29, 0.717) is 22.9 Å². The van der Waals surface area contributed by atoms with Crippen LogP contribution in [-0.2, 0) is 25.8 Å². The van der Waals surface area contributed by atoms with Crippen molar-refractivity contribution >= 4 is 38.1 Å². The standard InChI is InChI=1S/C23H25N3O4S/c1-2-16-8-4-6-12-19(16)26-22(28)23(25,15-14-21(24)27)31(29,30)20-13-7-10-17-9-3-5-11-18(17)20/h3-13H,2,14-15,25H2,1H3,(H2,24,27)(H,26,28)/t23-/m1/s1. The minimum absolute atomic E-state index is 0.0727. The first-order valence-electron chi connectivity index (χ1n) is 9.89. The zero-order valence-electron chi connectivity index (χ0n) is 17.2. The largest absolute Gasteiger partial charge is 0.370 e. The molecule has 1 atom stereocenters. The Labute approximate surface area is 181 Å². The lowest BCUT2D eigenvalue weighted by Crippen LogP contribution is -2.57. The van der Waals surface area contributed by atoms with E-state index in [1.807, 2.05) is 19.1 Å². The smallest absolute Gasteiger partial charge is 0.260 e. The fourth-order valence-electron chi connectivity index (χ4n) is 3.48. The van der Waals surface area contributed by atoms with E-state index in [1.54, 1.807) is 48.5 Å². The third-order valence-corrected chi connectivity index (χ3v) is 7.58. The van der Waals surface area contributed by atoms with Crippen LogP contribution in [0.1, 0.15) is 25.3 Å². The zero-order valence-corrected chi connectivity index (χ0v) is 18.0. The number of sulfone groups is 1. The van der Waals surface area contributed by atoms with E-state index in [4.69, 9.17) is 11.5 Å². The number of carbonyl (C=O) groups is 2. The molecule has 0 aliphatic heterocycles. The molecule has 0 radical (unpaired) electrons. The Morgan fingerprint density at radius 2 is 1.61 bits per heavy atom. The highest BCUT2D eigenvalue weighted by Crippen LogP contribution is 2.32. The molecule has 3 aromatic carbocycles. The molecule has 0 saturated carbocycles. The van der Waals surface area contributed by atoms with Crippen molar-refractivity contribution in [1.82, 2.24) is 0 Å². The summed E-state index contributed by atoms with van der Waals surface area (Å²) in [4.78, 5) is 22.3. The summed E-state index contributed by atoms with van der Waals surface area (Å²) in [6.45, 7) is 1.92. The second kappa shape index (κ2) is 8.87. The van der Waals surface area contributed by atoms with Crippen molar-refractivity contribution in [2.75, 3.05) is 5.32 Å². The summed E-state index contributed by atoms with van der Waals surface area (Å²) in [6, 6.07) is 18.8. The quantitative estimate of drug-likeness (QED) is 0.496. The minimum atomic E-state index is -4.40. The summed E-state index contributed by atoms with van der Waals surface area (Å²) < 4.78 is 27.5. The molecule has 0 saturated heterocycles. The Balaban J connectivity index is 2.12. The fourth-order valence-corrected chi connectivity index (χ4v) is 5.28. The average Bonchev–Trinajstić information content (AvgIpc) is 2.77. The molecule has 3 aromatic rings. The van der Waals surface area contributed by atoms with Crippen LogP contribution in [0.25, 0.3) is 10.8 Å². The Morgan fingerprint density at radius 3 is 2.32 bits per heavy atom. The Hall–Kier alpha value is -3.23. The molecule has 3 rings (SSSR count). The normalized spacial score (nSPS) is 13.5. The molecule has 0 spiro atoms. The first-order valence-corrected chi connectivity index (χ1v) is 11.4. The van der Waals surface area contributed by atoms with Crippen LogP contribution in [0, 0.1) is 0 Å². The summed E-state index contributed by atoms with van der Waals surface area (Å²) in [5.41, 5.74) is 12.9. The average molecular weight is 440 g/mol. The molecular formula is C23H25N3O4S. The monoisotopic (exact) mass is 439 g/mol. The molecular weight excluding hydrogens is 414 g/mol. The van der Waals surface area contributed by atoms with E-state index in [-0.39, 0.29) is 11.3 Å². The third-order valence-electron chi connectivity index (χ3n) is 5.29. The molecule has 8 heteroatoms. The Morgan fingerprint density at radius 1 is 0.968 bits per heavy atom. The molecule has 2 amide bonds. The van der Waals surface area contributed by atoms with E-state index in [2.05, 4.69) is 5.32 Å². The van der Waals surface area contributed by atoms with Gasteiger partial charge in [0.25, 0.3) is 5.91 Å². The molecule has 0 fully saturated rings. The van der Waals surface area contributed by atoms with Gasteiger partial charge in [-0.1, -0.05) is 61.5 Å². The van der Waals surface area contributed by atoms with Gasteiger partial charge < -0.3 is 16.8 Å². The van der Waals surface area contributed by atoms with E-state index < -0.39 is 32.9 Å². The van der Waals surface area contributed by atoms with Gasteiger partial charge in [0.2, 0.25) is 20.6 Å². The van der Waals surface area contributed by atoms with Crippen LogP contribution < -0.4 is 16.8 Å². The van der Waals surface area contributed by atoms with Gasteiger partial charge in [0.15, 0.2) is 0 Å². The summed E-state index contributed by atoms with van der Waals surface area (Å²) in [5.74, 6) is -1.66. The predicted octanol–water partition coefficient (Wildman–Crippen LogP) is 2.74. The number of amides is 2. The molecule has 0 unspecified atom stereocenters. The lowest BCUT2D eigenvalue weighted by Gasteiger charge is -2.28. The van der Waals surface area contributed by atoms with Gasteiger partial charge in [-0.05, 0) is 35.9 Å². The minimum Gasteiger partial charge on any atom is -0.370 e. The second-order valence-corrected chi connectivity index (χ2v) is 9.48. The van der Waals surface area contributed by atoms with Gasteiger partial charge in [-0.3, -0.25) is 9.59 Å². The molecule has 0 heterocycles. The van der Waals surface area contributed by atoms with E-state index >= 15 is 0 Å². The van der Waals surface area contributed by atoms with Crippen molar-refractivity contribution in [1.29, 1.82) is 0 Å². The number of benzene rings is 3. The number of nitrogens with one attached hydrogen (secondary N) is 1. The summed E-state index contributed by atoms with van der Waals surface area (Å²) >= 11 is 0. The van der Waals surface area contributed by atoms with Crippen molar-refractivity contribution < 1.29 is 18.0 Å². The van der Waals surface area contributed by atoms with Crippen LogP contribution in [0.15, 0.2) is 71.6 Å². The molecule has 31 heavy (non-hydrogen) atoms. The van der Waals surface area contributed by atoms with Gasteiger partial charge in [0.05, 0.1) is 4.90 Å². The molecule has 0 bridgehead atoms. The predicted molar refractivity (Wildman–Crippen MR) is 121 cm³/mol. The third kappa shape index (κ3) is 4.30. The number of hydrogen-bond acceptors (Lipinski definition) is 5. The maximum Gasteiger partial charge on any atom is 0.260 e. The Kier molecular flexibility index (Phi) is 6.42. The highest BCUT2D eigenvalue weighted by molar-refractivity contribution is 7.93. The molecule has 5 N–H and O–H groups in total. The Bertz CT molecular complexity index is 1240. The summed E-state index contributed by atoms with van der Waals surface area (Å²) in [7, 11) is -4.40. The van der Waals surface area contributed by atoms with Gasteiger partial charge in [0, 0.05) is 17.5 Å². The number of primary amides is 1. The first-order chi connectivity index (χ1) is 14.7. The second-order valence-electron chi connectivity index (χ2n) is 7.30. The number of anilines is 1. The van der Waals surface area contributed by atoms with Crippen molar-refractivity contribution in [2.45, 2.75) is 36.0 Å². The van der Waals surface area contributed by atoms with Gasteiger partial charge in [-0.15, -0.1) is 0 Å². The van der Waals surface area contributed by atoms with E-state index in [1.165, 1.54) is 6.07 Å². The highest BCUT2D eigenvalue weighted by Gasteiger charge is 2.48. The van der Waals surface area contributed by atoms with Crippen LogP contribution in [0.4, 0.5) is 5.69 Å². The number of nitrogens with two attached hydrogens (primary N) is 2. The first kappa shape index (κ1) is 22.5. The van der Waals surface area contributed by atoms with Crippen LogP contribution in [-0.4, -0.2) is 25.1 Å². The maximum absolute atomic E-state index is 13.7.